The molecule has 0 fully saturated rings. The Bertz CT molecular complexity index is 713. The Morgan fingerprint density at radius 3 is 2.52 bits per heavy atom. The van der Waals surface area contributed by atoms with Gasteiger partial charge in [-0.3, -0.25) is 9.48 Å². The molecule has 0 aliphatic carbocycles. The van der Waals surface area contributed by atoms with Gasteiger partial charge >= 0.3 is 0 Å². The first kappa shape index (κ1) is 16.3. The molecule has 21 heavy (non-hydrogen) atoms. The smallest absolute Gasteiger partial charge is 0.173 e. The molecular formula is C14H12Br2F2N2O. The van der Waals surface area contributed by atoms with Crippen LogP contribution in [0.15, 0.2) is 21.1 Å². The first-order chi connectivity index (χ1) is 9.86. The molecule has 1 aromatic carbocycles. The molecule has 0 spiro atoms. The van der Waals surface area contributed by atoms with E-state index in [1.165, 1.54) is 6.07 Å². The van der Waals surface area contributed by atoms with E-state index in [1.807, 2.05) is 6.92 Å². The summed E-state index contributed by atoms with van der Waals surface area (Å²) in [5.41, 5.74) is 1.66. The molecule has 0 aliphatic rings. The van der Waals surface area contributed by atoms with Crippen molar-refractivity contribution >= 4 is 37.6 Å². The van der Waals surface area contributed by atoms with Crippen LogP contribution >= 0.6 is 31.9 Å². The van der Waals surface area contributed by atoms with Crippen LogP contribution in [0.2, 0.25) is 0 Å². The van der Waals surface area contributed by atoms with Crippen molar-refractivity contribution < 1.29 is 13.6 Å². The molecule has 0 radical (unpaired) electrons. The summed E-state index contributed by atoms with van der Waals surface area (Å²) in [7, 11) is 1.74. The first-order valence-electron chi connectivity index (χ1n) is 6.23. The molecule has 2 aromatic rings. The van der Waals surface area contributed by atoms with Gasteiger partial charge in [0.05, 0.1) is 26.8 Å². The van der Waals surface area contributed by atoms with Crippen molar-refractivity contribution in [3.63, 3.8) is 0 Å². The Morgan fingerprint density at radius 1 is 1.29 bits per heavy atom. The lowest BCUT2D eigenvalue weighted by atomic mass is 10.1. The Hall–Kier alpha value is -1.08. The molecule has 2 rings (SSSR count). The van der Waals surface area contributed by atoms with Gasteiger partial charge in [0.15, 0.2) is 17.4 Å². The molecular weight excluding hydrogens is 410 g/mol. The number of hydrogen-bond acceptors (Lipinski definition) is 2. The number of rotatable bonds is 4. The highest BCUT2D eigenvalue weighted by Gasteiger charge is 2.20. The van der Waals surface area contributed by atoms with E-state index in [2.05, 4.69) is 37.0 Å². The van der Waals surface area contributed by atoms with Crippen molar-refractivity contribution in [2.45, 2.75) is 19.8 Å². The van der Waals surface area contributed by atoms with Crippen LogP contribution in [0.4, 0.5) is 8.78 Å². The van der Waals surface area contributed by atoms with E-state index in [-0.39, 0.29) is 22.2 Å². The standard InChI is InChI=1S/C14H12Br2F2N2O/c1-3-9-13(16)10(20(2)19-9)6-11(21)7-4-5-8(17)14(18)12(7)15/h4-5H,3,6H2,1-2H3. The summed E-state index contributed by atoms with van der Waals surface area (Å²) in [4.78, 5) is 12.3. The first-order valence-corrected chi connectivity index (χ1v) is 7.82. The van der Waals surface area contributed by atoms with Crippen LogP contribution in [-0.2, 0) is 19.9 Å². The van der Waals surface area contributed by atoms with E-state index in [0.717, 1.165) is 22.7 Å². The molecule has 0 saturated heterocycles. The highest BCUT2D eigenvalue weighted by Crippen LogP contribution is 2.27. The van der Waals surface area contributed by atoms with Crippen LogP contribution < -0.4 is 0 Å². The van der Waals surface area contributed by atoms with Gasteiger partial charge in [0.25, 0.3) is 0 Å². The fraction of sp³-hybridized carbons (Fsp3) is 0.286. The number of benzene rings is 1. The predicted molar refractivity (Wildman–Crippen MR) is 82.4 cm³/mol. The maximum absolute atomic E-state index is 13.5. The minimum absolute atomic E-state index is 0.0494. The van der Waals surface area contributed by atoms with E-state index in [9.17, 15) is 13.6 Å². The SMILES string of the molecule is CCc1nn(C)c(CC(=O)c2ccc(F)c(F)c2Br)c1Br. The van der Waals surface area contributed by atoms with E-state index in [1.54, 1.807) is 11.7 Å². The summed E-state index contributed by atoms with van der Waals surface area (Å²) in [5, 5.41) is 4.30. The third kappa shape index (κ3) is 3.08. The topological polar surface area (TPSA) is 34.9 Å². The summed E-state index contributed by atoms with van der Waals surface area (Å²) in [6.45, 7) is 1.96. The van der Waals surface area contributed by atoms with Gasteiger partial charge in [0, 0.05) is 12.6 Å². The zero-order valence-corrected chi connectivity index (χ0v) is 14.6. The van der Waals surface area contributed by atoms with Gasteiger partial charge in [-0.15, -0.1) is 0 Å². The number of aryl methyl sites for hydroxylation is 2. The van der Waals surface area contributed by atoms with Crippen molar-refractivity contribution in [2.24, 2.45) is 7.05 Å². The van der Waals surface area contributed by atoms with Crippen molar-refractivity contribution in [1.82, 2.24) is 9.78 Å². The lowest BCUT2D eigenvalue weighted by Gasteiger charge is -2.06. The normalized spacial score (nSPS) is 11.0. The summed E-state index contributed by atoms with van der Waals surface area (Å²) in [6.07, 6.45) is 0.783. The maximum Gasteiger partial charge on any atom is 0.173 e. The maximum atomic E-state index is 13.5. The minimum atomic E-state index is -1.06. The van der Waals surface area contributed by atoms with Gasteiger partial charge in [-0.1, -0.05) is 6.92 Å². The Balaban J connectivity index is 2.35. The van der Waals surface area contributed by atoms with Gasteiger partial charge < -0.3 is 0 Å². The molecule has 1 heterocycles. The Labute approximate surface area is 137 Å². The zero-order chi connectivity index (χ0) is 15.7. The average Bonchev–Trinajstić information content (AvgIpc) is 2.72. The summed E-state index contributed by atoms with van der Waals surface area (Å²) in [6, 6.07) is 2.22. The van der Waals surface area contributed by atoms with Crippen LogP contribution in [0.3, 0.4) is 0 Å². The second-order valence-corrected chi connectivity index (χ2v) is 6.09. The van der Waals surface area contributed by atoms with Crippen LogP contribution in [0, 0.1) is 11.6 Å². The highest BCUT2D eigenvalue weighted by molar-refractivity contribution is 9.10. The lowest BCUT2D eigenvalue weighted by Crippen LogP contribution is -2.10. The molecule has 1 aromatic heterocycles. The largest absolute Gasteiger partial charge is 0.294 e. The molecule has 112 valence electrons. The summed E-state index contributed by atoms with van der Waals surface area (Å²) >= 11 is 6.36. The molecule has 0 N–H and O–H groups in total. The van der Waals surface area contributed by atoms with Gasteiger partial charge in [0.2, 0.25) is 0 Å². The monoisotopic (exact) mass is 420 g/mol. The molecule has 7 heteroatoms. The van der Waals surface area contributed by atoms with Crippen molar-refractivity contribution in [3.8, 4) is 0 Å². The molecule has 3 nitrogen and oxygen atoms in total. The summed E-state index contributed by atoms with van der Waals surface area (Å²) in [5.74, 6) is -2.36. The number of aromatic nitrogens is 2. The summed E-state index contributed by atoms with van der Waals surface area (Å²) < 4.78 is 28.8. The van der Waals surface area contributed by atoms with Crippen molar-refractivity contribution in [2.75, 3.05) is 0 Å². The van der Waals surface area contributed by atoms with Crippen LogP contribution in [-0.4, -0.2) is 15.6 Å². The van der Waals surface area contributed by atoms with Gasteiger partial charge in [-0.2, -0.15) is 5.10 Å². The quantitative estimate of drug-likeness (QED) is 0.547. The molecule has 0 bridgehead atoms. The zero-order valence-electron chi connectivity index (χ0n) is 11.4. The predicted octanol–water partition coefficient (Wildman–Crippen LogP) is 4.21. The molecule has 0 saturated carbocycles. The Morgan fingerprint density at radius 2 is 1.95 bits per heavy atom. The number of hydrogen-bond donors (Lipinski definition) is 0. The van der Waals surface area contributed by atoms with Crippen molar-refractivity contribution in [1.29, 1.82) is 0 Å². The van der Waals surface area contributed by atoms with Gasteiger partial charge in [0.1, 0.15) is 0 Å². The van der Waals surface area contributed by atoms with Gasteiger partial charge in [-0.25, -0.2) is 8.78 Å². The number of carbonyl (C=O) groups excluding carboxylic acids is 1. The second kappa shape index (κ2) is 6.36. The number of Topliss-reactive ketones (excluding diaryl/α,β-unsaturated/α-hetero) is 1. The highest BCUT2D eigenvalue weighted by atomic mass is 79.9. The van der Waals surface area contributed by atoms with E-state index >= 15 is 0 Å². The van der Waals surface area contributed by atoms with Crippen LogP contribution in [0.5, 0.6) is 0 Å². The molecule has 0 aliphatic heterocycles. The lowest BCUT2D eigenvalue weighted by molar-refractivity contribution is 0.0989. The minimum Gasteiger partial charge on any atom is -0.294 e. The molecule has 0 unspecified atom stereocenters. The molecule has 0 atom stereocenters. The number of halogens is 4. The number of ketones is 1. The fourth-order valence-electron chi connectivity index (χ4n) is 2.00. The van der Waals surface area contributed by atoms with Crippen LogP contribution in [0.1, 0.15) is 28.7 Å². The van der Waals surface area contributed by atoms with Gasteiger partial charge in [-0.05, 0) is 50.4 Å². The van der Waals surface area contributed by atoms with E-state index in [0.29, 0.717) is 5.69 Å². The second-order valence-electron chi connectivity index (χ2n) is 4.51. The third-order valence-electron chi connectivity index (χ3n) is 3.17. The molecule has 0 amide bonds. The number of carbonyl (C=O) groups is 1. The third-order valence-corrected chi connectivity index (χ3v) is 4.86. The van der Waals surface area contributed by atoms with E-state index in [4.69, 9.17) is 0 Å². The van der Waals surface area contributed by atoms with Crippen molar-refractivity contribution in [3.05, 3.63) is 49.7 Å². The fourth-order valence-corrected chi connectivity index (χ4v) is 3.30. The Kier molecular flexibility index (Phi) is 4.93. The van der Waals surface area contributed by atoms with E-state index < -0.39 is 11.6 Å². The average molecular weight is 422 g/mol. The van der Waals surface area contributed by atoms with Crippen LogP contribution in [0.25, 0.3) is 0 Å². The number of nitrogens with zero attached hydrogens (tertiary/aromatic N) is 2.